The second kappa shape index (κ2) is 15.1. The smallest absolute Gasteiger partial charge is 0.160 e. The van der Waals surface area contributed by atoms with Gasteiger partial charge in [-0.25, -0.2) is 9.97 Å². The molecule has 0 aliphatic carbocycles. The lowest BCUT2D eigenvalue weighted by molar-refractivity contribution is 1.23. The van der Waals surface area contributed by atoms with E-state index in [4.69, 9.17) is 9.97 Å². The molecule has 11 rings (SSSR count). The van der Waals surface area contributed by atoms with E-state index in [1.54, 1.807) is 0 Å². The van der Waals surface area contributed by atoms with Crippen molar-refractivity contribution in [3.05, 3.63) is 231 Å². The molecule has 1 heterocycles. The van der Waals surface area contributed by atoms with Crippen molar-refractivity contribution >= 4 is 32.4 Å². The highest BCUT2D eigenvalue weighted by atomic mass is 14.9. The topological polar surface area (TPSA) is 25.8 Å². The maximum atomic E-state index is 5.32. The number of aromatic nitrogens is 2. The molecule has 0 radical (unpaired) electrons. The summed E-state index contributed by atoms with van der Waals surface area (Å²) in [5, 5.41) is 5.76. The van der Waals surface area contributed by atoms with Gasteiger partial charge in [-0.1, -0.05) is 188 Å². The summed E-state index contributed by atoms with van der Waals surface area (Å²) in [5.74, 6) is 0.723. The van der Waals surface area contributed by atoms with Gasteiger partial charge in [-0.15, -0.1) is 0 Å². The van der Waals surface area contributed by atoms with Crippen LogP contribution in [0.2, 0.25) is 0 Å². The van der Waals surface area contributed by atoms with E-state index >= 15 is 0 Å². The minimum atomic E-state index is 0.723. The summed E-state index contributed by atoms with van der Waals surface area (Å²) in [7, 11) is 0. The van der Waals surface area contributed by atoms with Crippen molar-refractivity contribution in [3.8, 4) is 78.3 Å². The summed E-state index contributed by atoms with van der Waals surface area (Å²) in [4.78, 5) is 10.5. The highest BCUT2D eigenvalue weighted by Gasteiger charge is 2.16. The zero-order chi connectivity index (χ0) is 39.8. The van der Waals surface area contributed by atoms with Crippen LogP contribution in [-0.2, 0) is 0 Å². The number of rotatable bonds is 7. The standard InChI is InChI=1S/C58H38N2/c1-3-13-39(14-4-1)51-36-52(40-15-5-2-6-16-40)38-53(37-51)49-23-12-22-48(34-49)47-21-11-20-46(33-47)42-25-28-44(29-26-42)57-56-54-24-10-9-18-43(54)31-32-55(56)59-58(60-57)50-30-27-41-17-7-8-19-45(41)35-50/h1-38H. The van der Waals surface area contributed by atoms with Crippen molar-refractivity contribution in [1.82, 2.24) is 9.97 Å². The molecule has 0 aliphatic rings. The van der Waals surface area contributed by atoms with Gasteiger partial charge in [-0.05, 0) is 120 Å². The molecule has 10 aromatic carbocycles. The average Bonchev–Trinajstić information content (AvgIpc) is 3.34. The maximum Gasteiger partial charge on any atom is 0.160 e. The molecule has 0 atom stereocenters. The molecule has 60 heavy (non-hydrogen) atoms. The predicted octanol–water partition coefficient (Wildman–Crippen LogP) is 15.6. The third kappa shape index (κ3) is 6.70. The molecule has 0 unspecified atom stereocenters. The summed E-state index contributed by atoms with van der Waals surface area (Å²) in [6, 6.07) is 82.6. The predicted molar refractivity (Wildman–Crippen MR) is 253 cm³/mol. The molecule has 11 aromatic rings. The van der Waals surface area contributed by atoms with Crippen molar-refractivity contribution in [3.63, 3.8) is 0 Å². The molecule has 280 valence electrons. The van der Waals surface area contributed by atoms with E-state index in [0.717, 1.165) is 50.1 Å². The Kier molecular flexibility index (Phi) is 8.87. The largest absolute Gasteiger partial charge is 0.228 e. The second-order valence-electron chi connectivity index (χ2n) is 15.4. The molecular weight excluding hydrogens is 725 g/mol. The van der Waals surface area contributed by atoms with E-state index in [2.05, 4.69) is 231 Å². The van der Waals surface area contributed by atoms with E-state index in [9.17, 15) is 0 Å². The molecule has 0 N–H and O–H groups in total. The van der Waals surface area contributed by atoms with Crippen molar-refractivity contribution in [2.45, 2.75) is 0 Å². The third-order valence-corrected chi connectivity index (χ3v) is 11.6. The number of hydrogen-bond donors (Lipinski definition) is 0. The molecule has 0 spiro atoms. The summed E-state index contributed by atoms with van der Waals surface area (Å²) in [6.45, 7) is 0. The summed E-state index contributed by atoms with van der Waals surface area (Å²) >= 11 is 0. The molecule has 2 heteroatoms. The highest BCUT2D eigenvalue weighted by Crippen LogP contribution is 2.38. The maximum absolute atomic E-state index is 5.32. The van der Waals surface area contributed by atoms with Crippen LogP contribution >= 0.6 is 0 Å². The van der Waals surface area contributed by atoms with Crippen LogP contribution in [0.4, 0.5) is 0 Å². The molecule has 1 aromatic heterocycles. The normalized spacial score (nSPS) is 11.3. The fourth-order valence-corrected chi connectivity index (χ4v) is 8.54. The Hall–Kier alpha value is -7.94. The number of hydrogen-bond acceptors (Lipinski definition) is 2. The van der Waals surface area contributed by atoms with Crippen molar-refractivity contribution < 1.29 is 0 Å². The number of fused-ring (bicyclic) bond motifs is 4. The van der Waals surface area contributed by atoms with Gasteiger partial charge in [0, 0.05) is 16.5 Å². The molecule has 0 saturated carbocycles. The minimum Gasteiger partial charge on any atom is -0.228 e. The van der Waals surface area contributed by atoms with Gasteiger partial charge >= 0.3 is 0 Å². The Bertz CT molecular complexity index is 3290. The van der Waals surface area contributed by atoms with E-state index < -0.39 is 0 Å². The molecule has 0 fully saturated rings. The first-order chi connectivity index (χ1) is 29.7. The van der Waals surface area contributed by atoms with Gasteiger partial charge in [0.25, 0.3) is 0 Å². The zero-order valence-electron chi connectivity index (χ0n) is 32.8. The lowest BCUT2D eigenvalue weighted by atomic mass is 9.91. The van der Waals surface area contributed by atoms with E-state index in [1.165, 1.54) is 60.7 Å². The first kappa shape index (κ1) is 35.2. The van der Waals surface area contributed by atoms with E-state index in [1.807, 2.05) is 0 Å². The van der Waals surface area contributed by atoms with Gasteiger partial charge in [-0.2, -0.15) is 0 Å². The fraction of sp³-hybridized carbons (Fsp3) is 0. The molecule has 0 amide bonds. The molecule has 2 nitrogen and oxygen atoms in total. The second-order valence-corrected chi connectivity index (χ2v) is 15.4. The van der Waals surface area contributed by atoms with E-state index in [-0.39, 0.29) is 0 Å². The van der Waals surface area contributed by atoms with E-state index in [0.29, 0.717) is 0 Å². The molecule has 0 saturated heterocycles. The Labute approximate surface area is 349 Å². The van der Waals surface area contributed by atoms with Crippen molar-refractivity contribution in [2.24, 2.45) is 0 Å². The van der Waals surface area contributed by atoms with Gasteiger partial charge in [0.15, 0.2) is 5.82 Å². The zero-order valence-corrected chi connectivity index (χ0v) is 32.8. The Morgan fingerprint density at radius 3 is 1.32 bits per heavy atom. The van der Waals surface area contributed by atoms with Gasteiger partial charge in [-0.3, -0.25) is 0 Å². The van der Waals surface area contributed by atoms with Crippen LogP contribution < -0.4 is 0 Å². The molecular formula is C58H38N2. The first-order valence-electron chi connectivity index (χ1n) is 20.5. The van der Waals surface area contributed by atoms with Crippen LogP contribution in [-0.4, -0.2) is 9.97 Å². The van der Waals surface area contributed by atoms with Crippen LogP contribution in [0.1, 0.15) is 0 Å². The Morgan fingerprint density at radius 1 is 0.233 bits per heavy atom. The van der Waals surface area contributed by atoms with Gasteiger partial charge in [0.1, 0.15) is 0 Å². The monoisotopic (exact) mass is 762 g/mol. The van der Waals surface area contributed by atoms with Gasteiger partial charge in [0.2, 0.25) is 0 Å². The average molecular weight is 763 g/mol. The van der Waals surface area contributed by atoms with Crippen molar-refractivity contribution in [2.75, 3.05) is 0 Å². The van der Waals surface area contributed by atoms with Crippen LogP contribution in [0.3, 0.4) is 0 Å². The highest BCUT2D eigenvalue weighted by molar-refractivity contribution is 6.12. The summed E-state index contributed by atoms with van der Waals surface area (Å²) in [6.07, 6.45) is 0. The van der Waals surface area contributed by atoms with Gasteiger partial charge < -0.3 is 0 Å². The van der Waals surface area contributed by atoms with Crippen LogP contribution in [0, 0.1) is 0 Å². The number of nitrogens with zero attached hydrogens (tertiary/aromatic N) is 2. The summed E-state index contributed by atoms with van der Waals surface area (Å²) < 4.78 is 0. The third-order valence-electron chi connectivity index (χ3n) is 11.6. The SMILES string of the molecule is c1ccc(-c2cc(-c3ccccc3)cc(-c3cccc(-c4cccc(-c5ccc(-c6nc(-c7ccc8ccccc8c7)nc7ccc8ccccc8c67)cc5)c4)c3)c2)cc1. The fourth-order valence-electron chi connectivity index (χ4n) is 8.54. The Balaban J connectivity index is 0.959. The minimum absolute atomic E-state index is 0.723. The van der Waals surface area contributed by atoms with Gasteiger partial charge in [0.05, 0.1) is 11.2 Å². The lowest BCUT2D eigenvalue weighted by Gasteiger charge is -2.13. The number of benzene rings is 10. The van der Waals surface area contributed by atoms with Crippen LogP contribution in [0.25, 0.3) is 111 Å². The first-order valence-corrected chi connectivity index (χ1v) is 20.5. The quantitative estimate of drug-likeness (QED) is 0.151. The Morgan fingerprint density at radius 2 is 0.667 bits per heavy atom. The lowest BCUT2D eigenvalue weighted by Crippen LogP contribution is -1.96. The molecule has 0 bridgehead atoms. The van der Waals surface area contributed by atoms with Crippen LogP contribution in [0.5, 0.6) is 0 Å². The molecule has 0 aliphatic heterocycles. The van der Waals surface area contributed by atoms with Crippen LogP contribution in [0.15, 0.2) is 231 Å². The summed E-state index contributed by atoms with van der Waals surface area (Å²) in [5.41, 5.74) is 15.8. The van der Waals surface area contributed by atoms with Crippen molar-refractivity contribution in [1.29, 1.82) is 0 Å².